The Labute approximate surface area is 180 Å². The third-order valence-electron chi connectivity index (χ3n) is 5.04. The topological polar surface area (TPSA) is 92.4 Å². The summed E-state index contributed by atoms with van der Waals surface area (Å²) in [5.41, 5.74) is -0.966. The molecule has 0 spiro atoms. The molecule has 0 aliphatic carbocycles. The van der Waals surface area contributed by atoms with Crippen molar-refractivity contribution < 1.29 is 27.2 Å². The Morgan fingerprint density at radius 2 is 1.88 bits per heavy atom. The van der Waals surface area contributed by atoms with Gasteiger partial charge in [-0.1, -0.05) is 18.2 Å². The van der Waals surface area contributed by atoms with Gasteiger partial charge in [0.15, 0.2) is 0 Å². The van der Waals surface area contributed by atoms with Gasteiger partial charge in [0.1, 0.15) is 0 Å². The molecule has 3 aromatic rings. The lowest BCUT2D eigenvalue weighted by Crippen LogP contribution is -2.67. The summed E-state index contributed by atoms with van der Waals surface area (Å²) in [6.45, 7) is 0.667. The SMILES string of the molecule is CC(=O)N1CC(F)(C(=O)N(Cc2ccc(-c3nnc(C(F)F)o3)cn2)c2ccccc2)C1. The zero-order valence-corrected chi connectivity index (χ0v) is 16.9. The first kappa shape index (κ1) is 21.5. The van der Waals surface area contributed by atoms with Gasteiger partial charge in [0, 0.05) is 18.8 Å². The molecule has 1 aromatic carbocycles. The molecule has 1 fully saturated rings. The highest BCUT2D eigenvalue weighted by atomic mass is 19.3. The van der Waals surface area contributed by atoms with Crippen LogP contribution < -0.4 is 4.90 Å². The average Bonchev–Trinajstić information content (AvgIpc) is 3.26. The van der Waals surface area contributed by atoms with Crippen LogP contribution in [0.2, 0.25) is 0 Å². The van der Waals surface area contributed by atoms with Crippen molar-refractivity contribution in [1.82, 2.24) is 20.1 Å². The van der Waals surface area contributed by atoms with Gasteiger partial charge in [-0.2, -0.15) is 8.78 Å². The van der Waals surface area contributed by atoms with E-state index < -0.39 is 23.9 Å². The molecule has 0 N–H and O–H groups in total. The number of likely N-dealkylation sites (tertiary alicyclic amines) is 1. The van der Waals surface area contributed by atoms with E-state index in [1.165, 1.54) is 29.0 Å². The van der Waals surface area contributed by atoms with E-state index in [4.69, 9.17) is 4.42 Å². The highest BCUT2D eigenvalue weighted by Gasteiger charge is 2.53. The van der Waals surface area contributed by atoms with Crippen molar-refractivity contribution in [3.05, 3.63) is 60.2 Å². The lowest BCUT2D eigenvalue weighted by atomic mass is 9.94. The van der Waals surface area contributed by atoms with Gasteiger partial charge in [0.25, 0.3) is 11.8 Å². The second kappa shape index (κ2) is 8.40. The van der Waals surface area contributed by atoms with Crippen LogP contribution in [0.1, 0.15) is 24.9 Å². The molecule has 0 radical (unpaired) electrons. The number of alkyl halides is 3. The quantitative estimate of drug-likeness (QED) is 0.579. The molecular formula is C21H18F3N5O3. The molecule has 2 aromatic heterocycles. The number of para-hydroxylation sites is 1. The Hall–Kier alpha value is -3.76. The Kier molecular flexibility index (Phi) is 5.64. The molecule has 0 bridgehead atoms. The number of benzene rings is 1. The zero-order valence-electron chi connectivity index (χ0n) is 16.9. The molecule has 1 saturated heterocycles. The monoisotopic (exact) mass is 445 g/mol. The Balaban J connectivity index is 1.55. The van der Waals surface area contributed by atoms with Crippen LogP contribution in [0, 0.1) is 0 Å². The number of aromatic nitrogens is 3. The van der Waals surface area contributed by atoms with E-state index in [0.29, 0.717) is 16.9 Å². The van der Waals surface area contributed by atoms with E-state index in [9.17, 15) is 18.4 Å². The molecule has 0 unspecified atom stereocenters. The maximum Gasteiger partial charge on any atom is 0.314 e. The third-order valence-corrected chi connectivity index (χ3v) is 5.04. The largest absolute Gasteiger partial charge is 0.415 e. The third kappa shape index (κ3) is 4.18. The van der Waals surface area contributed by atoms with E-state index in [-0.39, 0.29) is 31.4 Å². The minimum absolute atomic E-state index is 0.0407. The molecule has 8 nitrogen and oxygen atoms in total. The summed E-state index contributed by atoms with van der Waals surface area (Å²) < 4.78 is 45.4. The van der Waals surface area contributed by atoms with Crippen LogP contribution in [-0.4, -0.2) is 50.7 Å². The normalized spacial score (nSPS) is 14.8. The highest BCUT2D eigenvalue weighted by Crippen LogP contribution is 2.31. The first-order valence-corrected chi connectivity index (χ1v) is 9.65. The van der Waals surface area contributed by atoms with E-state index in [1.807, 2.05) is 0 Å². The number of nitrogens with zero attached hydrogens (tertiary/aromatic N) is 5. The second-order valence-corrected chi connectivity index (χ2v) is 7.35. The standard InChI is InChI=1S/C21H18F3N5O3/c1-13(30)28-11-21(24,12-28)20(31)29(16-5-3-2-4-6-16)10-15-8-7-14(9-25-15)18-26-27-19(32-18)17(22)23/h2-9,17H,10-12H2,1H3. The van der Waals surface area contributed by atoms with Crippen molar-refractivity contribution in [1.29, 1.82) is 0 Å². The van der Waals surface area contributed by atoms with Gasteiger partial charge >= 0.3 is 6.43 Å². The number of pyridine rings is 1. The van der Waals surface area contributed by atoms with Gasteiger partial charge in [-0.3, -0.25) is 14.6 Å². The Bertz CT molecular complexity index is 1120. The molecule has 0 atom stereocenters. The van der Waals surface area contributed by atoms with E-state index in [1.54, 1.807) is 36.4 Å². The molecule has 0 saturated carbocycles. The number of hydrogen-bond acceptors (Lipinski definition) is 6. The molecule has 11 heteroatoms. The number of rotatable bonds is 6. The number of halogens is 3. The summed E-state index contributed by atoms with van der Waals surface area (Å²) >= 11 is 0. The molecule has 3 heterocycles. The number of anilines is 1. The van der Waals surface area contributed by atoms with Gasteiger partial charge in [-0.15, -0.1) is 10.2 Å². The van der Waals surface area contributed by atoms with Gasteiger partial charge < -0.3 is 14.2 Å². The zero-order chi connectivity index (χ0) is 22.9. The van der Waals surface area contributed by atoms with Crippen LogP contribution in [0.3, 0.4) is 0 Å². The minimum Gasteiger partial charge on any atom is -0.415 e. The fourth-order valence-corrected chi connectivity index (χ4v) is 3.29. The first-order chi connectivity index (χ1) is 15.3. The molecule has 1 aliphatic heterocycles. The van der Waals surface area contributed by atoms with Gasteiger partial charge in [0.05, 0.1) is 30.9 Å². The first-order valence-electron chi connectivity index (χ1n) is 9.65. The summed E-state index contributed by atoms with van der Waals surface area (Å²) in [6, 6.07) is 11.6. The van der Waals surface area contributed by atoms with Crippen molar-refractivity contribution in [3.63, 3.8) is 0 Å². The maximum absolute atomic E-state index is 15.2. The van der Waals surface area contributed by atoms with Crippen molar-refractivity contribution in [2.24, 2.45) is 0 Å². The molecule has 166 valence electrons. The highest BCUT2D eigenvalue weighted by molar-refractivity contribution is 6.01. The summed E-state index contributed by atoms with van der Waals surface area (Å²) in [5.74, 6) is -1.98. The predicted molar refractivity (Wildman–Crippen MR) is 106 cm³/mol. The Morgan fingerprint density at radius 3 is 2.44 bits per heavy atom. The van der Waals surface area contributed by atoms with Crippen LogP contribution in [0.5, 0.6) is 0 Å². The Morgan fingerprint density at radius 1 is 1.16 bits per heavy atom. The summed E-state index contributed by atoms with van der Waals surface area (Å²) in [6.07, 6.45) is -1.54. The molecule has 4 rings (SSSR count). The van der Waals surface area contributed by atoms with E-state index in [0.717, 1.165) is 0 Å². The summed E-state index contributed by atoms with van der Waals surface area (Å²) in [7, 11) is 0. The maximum atomic E-state index is 15.2. The van der Waals surface area contributed by atoms with Crippen LogP contribution in [0.4, 0.5) is 18.9 Å². The van der Waals surface area contributed by atoms with Crippen molar-refractivity contribution >= 4 is 17.5 Å². The average molecular weight is 445 g/mol. The lowest BCUT2D eigenvalue weighted by Gasteiger charge is -2.44. The number of hydrogen-bond donors (Lipinski definition) is 0. The fourth-order valence-electron chi connectivity index (χ4n) is 3.29. The smallest absolute Gasteiger partial charge is 0.314 e. The van der Waals surface area contributed by atoms with Crippen molar-refractivity contribution in [2.45, 2.75) is 25.6 Å². The number of carbonyl (C=O) groups excluding carboxylic acids is 2. The van der Waals surface area contributed by atoms with E-state index in [2.05, 4.69) is 15.2 Å². The van der Waals surface area contributed by atoms with Gasteiger partial charge in [-0.05, 0) is 24.3 Å². The fraction of sp³-hybridized carbons (Fsp3) is 0.286. The summed E-state index contributed by atoms with van der Waals surface area (Å²) in [4.78, 5) is 31.2. The van der Waals surface area contributed by atoms with Crippen LogP contribution in [0.25, 0.3) is 11.5 Å². The lowest BCUT2D eigenvalue weighted by molar-refractivity contribution is -0.153. The summed E-state index contributed by atoms with van der Waals surface area (Å²) in [5, 5.41) is 6.83. The van der Waals surface area contributed by atoms with Crippen LogP contribution >= 0.6 is 0 Å². The van der Waals surface area contributed by atoms with Crippen LogP contribution in [-0.2, 0) is 16.1 Å². The van der Waals surface area contributed by atoms with Crippen LogP contribution in [0.15, 0.2) is 53.1 Å². The number of carbonyl (C=O) groups is 2. The molecule has 1 aliphatic rings. The number of amides is 2. The van der Waals surface area contributed by atoms with Gasteiger partial charge in [-0.25, -0.2) is 4.39 Å². The molecule has 32 heavy (non-hydrogen) atoms. The second-order valence-electron chi connectivity index (χ2n) is 7.35. The van der Waals surface area contributed by atoms with Crippen molar-refractivity contribution in [2.75, 3.05) is 18.0 Å². The minimum atomic E-state index is -2.88. The predicted octanol–water partition coefficient (Wildman–Crippen LogP) is 3.17. The van der Waals surface area contributed by atoms with Crippen molar-refractivity contribution in [3.8, 4) is 11.5 Å². The molecular weight excluding hydrogens is 427 g/mol. The van der Waals surface area contributed by atoms with Gasteiger partial charge in [0.2, 0.25) is 17.5 Å². The van der Waals surface area contributed by atoms with E-state index >= 15 is 4.39 Å². The molecule has 2 amide bonds.